The molecule has 0 amide bonds. The van der Waals surface area contributed by atoms with Crippen molar-refractivity contribution in [1.82, 2.24) is 0 Å². The zero-order valence-corrected chi connectivity index (χ0v) is 13.3. The number of benzene rings is 2. The van der Waals surface area contributed by atoms with E-state index in [1.807, 2.05) is 30.0 Å². The zero-order valence-electron chi connectivity index (χ0n) is 12.5. The van der Waals surface area contributed by atoms with Gasteiger partial charge < -0.3 is 10.5 Å². The summed E-state index contributed by atoms with van der Waals surface area (Å²) in [6.07, 6.45) is 0. The van der Waals surface area contributed by atoms with Gasteiger partial charge in [0.1, 0.15) is 12.4 Å². The van der Waals surface area contributed by atoms with Gasteiger partial charge >= 0.3 is 0 Å². The minimum atomic E-state index is 0.0471. The van der Waals surface area contributed by atoms with E-state index in [4.69, 9.17) is 10.5 Å². The van der Waals surface area contributed by atoms with Crippen LogP contribution in [0.5, 0.6) is 5.75 Å². The predicted octanol–water partition coefficient (Wildman–Crippen LogP) is 4.00. The third-order valence-electron chi connectivity index (χ3n) is 3.83. The smallest absolute Gasteiger partial charge is 0.124 e. The highest BCUT2D eigenvalue weighted by atomic mass is 32.2. The van der Waals surface area contributed by atoms with Gasteiger partial charge in [-0.2, -0.15) is 0 Å². The molecule has 0 radical (unpaired) electrons. The van der Waals surface area contributed by atoms with Crippen LogP contribution in [0.4, 0.5) is 0 Å². The van der Waals surface area contributed by atoms with Crippen molar-refractivity contribution >= 4 is 11.8 Å². The first kappa shape index (κ1) is 14.5. The third-order valence-corrected chi connectivity index (χ3v) is 5.18. The summed E-state index contributed by atoms with van der Waals surface area (Å²) in [4.78, 5) is 0. The Balaban J connectivity index is 1.69. The molecule has 3 heteroatoms. The normalized spacial score (nSPS) is 20.7. The maximum absolute atomic E-state index is 6.41. The number of hydrogen-bond donors (Lipinski definition) is 1. The molecule has 0 fully saturated rings. The minimum Gasteiger partial charge on any atom is -0.492 e. The van der Waals surface area contributed by atoms with Crippen LogP contribution in [0.15, 0.2) is 42.5 Å². The van der Waals surface area contributed by atoms with Gasteiger partial charge in [-0.25, -0.2) is 0 Å². The van der Waals surface area contributed by atoms with Crippen molar-refractivity contribution in [3.05, 3.63) is 64.7 Å². The maximum Gasteiger partial charge on any atom is 0.124 e. The van der Waals surface area contributed by atoms with Crippen molar-refractivity contribution in [3.8, 4) is 5.75 Å². The molecular weight excluding hydrogens is 278 g/mol. The number of fused-ring (bicyclic) bond motifs is 1. The first-order valence-electron chi connectivity index (χ1n) is 7.29. The molecule has 0 saturated carbocycles. The monoisotopic (exact) mass is 299 g/mol. The number of ether oxygens (including phenoxy) is 1. The van der Waals surface area contributed by atoms with Crippen molar-refractivity contribution in [1.29, 1.82) is 0 Å². The molecule has 2 unspecified atom stereocenters. The summed E-state index contributed by atoms with van der Waals surface area (Å²) in [6.45, 7) is 4.98. The predicted molar refractivity (Wildman–Crippen MR) is 89.9 cm³/mol. The van der Waals surface area contributed by atoms with Gasteiger partial charge in [0.05, 0.1) is 5.25 Å². The summed E-state index contributed by atoms with van der Waals surface area (Å²) in [5, 5.41) is 0.306. The standard InChI is InChI=1S/C18H21NOS/c1-12-7-13(2)9-14(8-12)11-21-17-10-20-16-6-4-3-5-15(16)18(17)19/h3-9,17-18H,10-11,19H2,1-2H3. The van der Waals surface area contributed by atoms with Crippen LogP contribution in [0.2, 0.25) is 0 Å². The molecule has 0 aliphatic carbocycles. The third kappa shape index (κ3) is 3.25. The van der Waals surface area contributed by atoms with E-state index in [1.165, 1.54) is 16.7 Å². The van der Waals surface area contributed by atoms with Gasteiger partial charge in [0, 0.05) is 17.4 Å². The maximum atomic E-state index is 6.41. The summed E-state index contributed by atoms with van der Waals surface area (Å²) in [5.41, 5.74) is 11.5. The van der Waals surface area contributed by atoms with E-state index in [-0.39, 0.29) is 6.04 Å². The second-order valence-electron chi connectivity index (χ2n) is 5.72. The molecule has 1 heterocycles. The molecule has 1 aliphatic rings. The van der Waals surface area contributed by atoms with Crippen LogP contribution < -0.4 is 10.5 Å². The van der Waals surface area contributed by atoms with Crippen LogP contribution in [0, 0.1) is 13.8 Å². The molecule has 0 spiro atoms. The molecule has 2 aromatic rings. The second-order valence-corrected chi connectivity index (χ2v) is 6.95. The number of para-hydroxylation sites is 1. The Kier molecular flexibility index (Phi) is 4.22. The van der Waals surface area contributed by atoms with Crippen LogP contribution in [-0.2, 0) is 5.75 Å². The zero-order chi connectivity index (χ0) is 14.8. The lowest BCUT2D eigenvalue weighted by atomic mass is 10.0. The Morgan fingerprint density at radius 1 is 1.14 bits per heavy atom. The van der Waals surface area contributed by atoms with Gasteiger partial charge in [-0.05, 0) is 25.5 Å². The Morgan fingerprint density at radius 3 is 2.62 bits per heavy atom. The van der Waals surface area contributed by atoms with Gasteiger partial charge in [0.2, 0.25) is 0 Å². The van der Waals surface area contributed by atoms with Gasteiger partial charge in [-0.15, -0.1) is 11.8 Å². The van der Waals surface area contributed by atoms with Gasteiger partial charge in [-0.1, -0.05) is 47.5 Å². The van der Waals surface area contributed by atoms with Crippen LogP contribution in [-0.4, -0.2) is 11.9 Å². The summed E-state index contributed by atoms with van der Waals surface area (Å²) in [7, 11) is 0. The van der Waals surface area contributed by atoms with Gasteiger partial charge in [0.15, 0.2) is 0 Å². The van der Waals surface area contributed by atoms with Crippen LogP contribution in [0.3, 0.4) is 0 Å². The van der Waals surface area contributed by atoms with Crippen LogP contribution in [0.1, 0.15) is 28.3 Å². The second kappa shape index (κ2) is 6.12. The average molecular weight is 299 g/mol. The van der Waals surface area contributed by atoms with Gasteiger partial charge in [-0.3, -0.25) is 0 Å². The highest BCUT2D eigenvalue weighted by Crippen LogP contribution is 2.36. The number of thioether (sulfide) groups is 1. The quantitative estimate of drug-likeness (QED) is 0.930. The van der Waals surface area contributed by atoms with E-state index in [9.17, 15) is 0 Å². The van der Waals surface area contributed by atoms with E-state index in [1.54, 1.807) is 0 Å². The Morgan fingerprint density at radius 2 is 1.86 bits per heavy atom. The molecule has 1 aliphatic heterocycles. The average Bonchev–Trinajstić information content (AvgIpc) is 2.46. The fourth-order valence-corrected chi connectivity index (χ4v) is 3.96. The number of rotatable bonds is 3. The molecule has 110 valence electrons. The topological polar surface area (TPSA) is 35.2 Å². The lowest BCUT2D eigenvalue weighted by Gasteiger charge is -2.30. The number of nitrogens with two attached hydrogens (primary N) is 1. The fraction of sp³-hybridized carbons (Fsp3) is 0.333. The van der Waals surface area contributed by atoms with E-state index in [2.05, 4.69) is 38.1 Å². The van der Waals surface area contributed by atoms with E-state index >= 15 is 0 Å². The van der Waals surface area contributed by atoms with E-state index in [0.29, 0.717) is 11.9 Å². The highest BCUT2D eigenvalue weighted by Gasteiger charge is 2.28. The number of hydrogen-bond acceptors (Lipinski definition) is 3. The molecule has 0 aromatic heterocycles. The first-order valence-corrected chi connectivity index (χ1v) is 8.34. The first-order chi connectivity index (χ1) is 10.1. The van der Waals surface area contributed by atoms with E-state index < -0.39 is 0 Å². The largest absolute Gasteiger partial charge is 0.492 e. The molecule has 0 saturated heterocycles. The molecule has 21 heavy (non-hydrogen) atoms. The SMILES string of the molecule is Cc1cc(C)cc(CSC2COc3ccccc3C2N)c1. The highest BCUT2D eigenvalue weighted by molar-refractivity contribution is 7.99. The van der Waals surface area contributed by atoms with Crippen molar-refractivity contribution in [3.63, 3.8) is 0 Å². The van der Waals surface area contributed by atoms with Crippen LogP contribution >= 0.6 is 11.8 Å². The molecule has 2 N–H and O–H groups in total. The Hall–Kier alpha value is -1.45. The lowest BCUT2D eigenvalue weighted by Crippen LogP contribution is -2.33. The molecule has 2 aromatic carbocycles. The molecule has 2 nitrogen and oxygen atoms in total. The molecule has 3 rings (SSSR count). The van der Waals surface area contributed by atoms with E-state index in [0.717, 1.165) is 17.1 Å². The lowest BCUT2D eigenvalue weighted by molar-refractivity contribution is 0.276. The summed E-state index contributed by atoms with van der Waals surface area (Å²) < 4.78 is 5.84. The molecule has 0 bridgehead atoms. The van der Waals surface area contributed by atoms with Crippen molar-refractivity contribution in [2.75, 3.05) is 6.61 Å². The van der Waals surface area contributed by atoms with Crippen molar-refractivity contribution in [2.24, 2.45) is 5.73 Å². The Labute approximate surface area is 130 Å². The summed E-state index contributed by atoms with van der Waals surface area (Å²) >= 11 is 1.89. The van der Waals surface area contributed by atoms with Crippen molar-refractivity contribution < 1.29 is 4.74 Å². The molecular formula is C18H21NOS. The van der Waals surface area contributed by atoms with Crippen LogP contribution in [0.25, 0.3) is 0 Å². The summed E-state index contributed by atoms with van der Waals surface area (Å²) in [5.74, 6) is 1.92. The summed E-state index contributed by atoms with van der Waals surface area (Å²) in [6, 6.07) is 14.9. The molecule has 2 atom stereocenters. The Bertz CT molecular complexity index is 621. The van der Waals surface area contributed by atoms with Crippen molar-refractivity contribution in [2.45, 2.75) is 30.9 Å². The minimum absolute atomic E-state index is 0.0471. The fourth-order valence-electron chi connectivity index (χ4n) is 2.87. The number of aryl methyl sites for hydroxylation is 2. The van der Waals surface area contributed by atoms with Gasteiger partial charge in [0.25, 0.3) is 0 Å².